The highest BCUT2D eigenvalue weighted by molar-refractivity contribution is 6.09. The van der Waals surface area contributed by atoms with Gasteiger partial charge < -0.3 is 4.57 Å². The minimum atomic E-state index is -0.286. The van der Waals surface area contributed by atoms with Gasteiger partial charge in [0.1, 0.15) is 5.82 Å². The van der Waals surface area contributed by atoms with Crippen LogP contribution in [0.2, 0.25) is 0 Å². The molecular weight excluding hydrogens is 593 g/mol. The van der Waals surface area contributed by atoms with Crippen LogP contribution in [0.1, 0.15) is 73.1 Å². The zero-order chi connectivity index (χ0) is 33.0. The van der Waals surface area contributed by atoms with Gasteiger partial charge in [0.2, 0.25) is 0 Å². The highest BCUT2D eigenvalue weighted by atomic mass is 15.1. The van der Waals surface area contributed by atoms with Crippen LogP contribution in [-0.2, 0) is 11.8 Å². The number of imidazole rings is 1. The van der Waals surface area contributed by atoms with Gasteiger partial charge in [0, 0.05) is 17.4 Å². The van der Waals surface area contributed by atoms with Crippen LogP contribution in [0.4, 0.5) is 0 Å². The maximum Gasteiger partial charge on any atom is 0.120 e. The van der Waals surface area contributed by atoms with Crippen molar-refractivity contribution in [3.63, 3.8) is 0 Å². The van der Waals surface area contributed by atoms with Crippen molar-refractivity contribution < 1.29 is 0 Å². The van der Waals surface area contributed by atoms with Crippen molar-refractivity contribution in [2.45, 2.75) is 56.9 Å². The standard InChI is InChI=1S/C47H42N2/c1-32-15-9-13-23-42(32)49-43-24-14-12-22-41(43)48-46(49)47(2)30-29-39-40(31-47)45(35-18-7-4-8-19-35)38-21-11-10-20-37(38)44(39)36-27-25-34(26-28-36)33-16-5-3-6-17-33/h3-12,14-22,24-25,27-30,32,34,42H,13,23,26,31H2,1-2H3. The zero-order valence-corrected chi connectivity index (χ0v) is 28.4. The fourth-order valence-electron chi connectivity index (χ4n) is 8.84. The Labute approximate surface area is 289 Å². The van der Waals surface area contributed by atoms with E-state index in [9.17, 15) is 0 Å². The molecule has 0 fully saturated rings. The topological polar surface area (TPSA) is 17.8 Å². The Bertz CT molecular complexity index is 2320. The number of hydrogen-bond donors (Lipinski definition) is 0. The summed E-state index contributed by atoms with van der Waals surface area (Å²) in [5.41, 5.74) is 11.5. The Morgan fingerprint density at radius 3 is 2.22 bits per heavy atom. The van der Waals surface area contributed by atoms with Gasteiger partial charge in [0.25, 0.3) is 0 Å². The third-order valence-corrected chi connectivity index (χ3v) is 11.3. The number of hydrogen-bond acceptors (Lipinski definition) is 1. The molecule has 0 saturated carbocycles. The van der Waals surface area contributed by atoms with Crippen molar-refractivity contribution >= 4 is 33.5 Å². The third kappa shape index (κ3) is 5.05. The smallest absolute Gasteiger partial charge is 0.120 e. The van der Waals surface area contributed by atoms with Crippen molar-refractivity contribution in [1.82, 2.24) is 9.55 Å². The summed E-state index contributed by atoms with van der Waals surface area (Å²) < 4.78 is 2.61. The third-order valence-electron chi connectivity index (χ3n) is 11.3. The fraction of sp³-hybridized carbons (Fsp3) is 0.213. The molecule has 1 aromatic heterocycles. The summed E-state index contributed by atoms with van der Waals surface area (Å²) >= 11 is 0. The summed E-state index contributed by atoms with van der Waals surface area (Å²) in [6.45, 7) is 4.79. The second-order valence-corrected chi connectivity index (χ2v) is 14.5. The van der Waals surface area contributed by atoms with Gasteiger partial charge in [-0.2, -0.15) is 0 Å². The maximum absolute atomic E-state index is 5.47. The number of rotatable bonds is 5. The van der Waals surface area contributed by atoms with Gasteiger partial charge >= 0.3 is 0 Å². The van der Waals surface area contributed by atoms with Gasteiger partial charge in [-0.1, -0.05) is 147 Å². The number of fused-ring (bicyclic) bond motifs is 3. The van der Waals surface area contributed by atoms with E-state index in [1.165, 1.54) is 61.1 Å². The number of nitrogens with zero attached hydrogens (tertiary/aromatic N) is 2. The molecule has 4 unspecified atom stereocenters. The van der Waals surface area contributed by atoms with Crippen LogP contribution < -0.4 is 0 Å². The molecule has 3 aliphatic rings. The monoisotopic (exact) mass is 634 g/mol. The molecule has 2 nitrogen and oxygen atoms in total. The molecule has 9 rings (SSSR count). The highest BCUT2D eigenvalue weighted by Gasteiger charge is 2.38. The van der Waals surface area contributed by atoms with Gasteiger partial charge in [-0.05, 0) is 100 Å². The highest BCUT2D eigenvalue weighted by Crippen LogP contribution is 2.49. The molecule has 0 spiro atoms. The maximum atomic E-state index is 5.47. The molecule has 0 N–H and O–H groups in total. The minimum Gasteiger partial charge on any atom is -0.324 e. The molecule has 0 bridgehead atoms. The van der Waals surface area contributed by atoms with E-state index in [4.69, 9.17) is 4.98 Å². The Hall–Kier alpha value is -5.21. The van der Waals surface area contributed by atoms with Gasteiger partial charge in [-0.15, -0.1) is 0 Å². The summed E-state index contributed by atoms with van der Waals surface area (Å²) in [6, 6.07) is 40.2. The Morgan fingerprint density at radius 2 is 1.47 bits per heavy atom. The molecular formula is C47H42N2. The predicted octanol–water partition coefficient (Wildman–Crippen LogP) is 12.0. The molecule has 3 aliphatic carbocycles. The second kappa shape index (κ2) is 12.0. The summed E-state index contributed by atoms with van der Waals surface area (Å²) in [4.78, 5) is 5.47. The summed E-state index contributed by atoms with van der Waals surface area (Å²) in [6.07, 6.45) is 21.1. The second-order valence-electron chi connectivity index (χ2n) is 14.5. The SMILES string of the molecule is CC1C=CCCC1n1c(C2(C)C=Cc3c(c(-c4ccccc4)c4ccccc4c3C3=CCC(c4ccccc4)C=C3)C2)nc2ccccc21. The van der Waals surface area contributed by atoms with Crippen LogP contribution >= 0.6 is 0 Å². The van der Waals surface area contributed by atoms with Crippen molar-refractivity contribution in [1.29, 1.82) is 0 Å². The molecule has 0 saturated heterocycles. The van der Waals surface area contributed by atoms with Crippen LogP contribution in [0, 0.1) is 5.92 Å². The van der Waals surface area contributed by atoms with Crippen LogP contribution in [0.3, 0.4) is 0 Å². The van der Waals surface area contributed by atoms with Gasteiger partial charge in [-0.3, -0.25) is 0 Å². The van der Waals surface area contributed by atoms with E-state index in [1.54, 1.807) is 0 Å². The predicted molar refractivity (Wildman–Crippen MR) is 207 cm³/mol. The molecule has 240 valence electrons. The van der Waals surface area contributed by atoms with E-state index in [1.807, 2.05) is 0 Å². The van der Waals surface area contributed by atoms with Crippen LogP contribution in [0.25, 0.3) is 44.6 Å². The molecule has 5 aromatic carbocycles. The normalized spacial score (nSPS) is 23.1. The van der Waals surface area contributed by atoms with Crippen molar-refractivity contribution in [2.75, 3.05) is 0 Å². The first kappa shape index (κ1) is 29.9. The first-order chi connectivity index (χ1) is 24.1. The van der Waals surface area contributed by atoms with E-state index in [0.717, 1.165) is 31.2 Å². The molecule has 2 heteroatoms. The summed E-state index contributed by atoms with van der Waals surface area (Å²) in [5.74, 6) is 2.03. The number of para-hydroxylation sites is 2. The van der Waals surface area contributed by atoms with E-state index in [-0.39, 0.29) is 5.41 Å². The van der Waals surface area contributed by atoms with Crippen molar-refractivity contribution in [3.05, 3.63) is 174 Å². The van der Waals surface area contributed by atoms with Crippen LogP contribution in [0.15, 0.2) is 146 Å². The molecule has 1 heterocycles. The molecule has 0 amide bonds. The first-order valence-corrected chi connectivity index (χ1v) is 18.0. The fourth-order valence-corrected chi connectivity index (χ4v) is 8.84. The minimum absolute atomic E-state index is 0.286. The average molecular weight is 635 g/mol. The Balaban J connectivity index is 1.25. The number of allylic oxidation sites excluding steroid dienone is 7. The zero-order valence-electron chi connectivity index (χ0n) is 28.4. The Kier molecular flexibility index (Phi) is 7.34. The lowest BCUT2D eigenvalue weighted by Crippen LogP contribution is -2.32. The molecule has 0 radical (unpaired) electrons. The summed E-state index contributed by atoms with van der Waals surface area (Å²) in [5, 5.41) is 2.64. The van der Waals surface area contributed by atoms with Crippen molar-refractivity contribution in [3.8, 4) is 11.1 Å². The largest absolute Gasteiger partial charge is 0.324 e. The lowest BCUT2D eigenvalue weighted by Gasteiger charge is -2.37. The summed E-state index contributed by atoms with van der Waals surface area (Å²) in [7, 11) is 0. The molecule has 0 aliphatic heterocycles. The van der Waals surface area contributed by atoms with E-state index < -0.39 is 0 Å². The van der Waals surface area contributed by atoms with Crippen molar-refractivity contribution in [2.24, 2.45) is 5.92 Å². The van der Waals surface area contributed by atoms with E-state index >= 15 is 0 Å². The van der Waals surface area contributed by atoms with Gasteiger partial charge in [0.15, 0.2) is 0 Å². The van der Waals surface area contributed by atoms with E-state index in [2.05, 4.69) is 170 Å². The van der Waals surface area contributed by atoms with Gasteiger partial charge in [0.05, 0.1) is 11.0 Å². The lowest BCUT2D eigenvalue weighted by molar-refractivity contribution is 0.351. The molecule has 49 heavy (non-hydrogen) atoms. The number of aromatic nitrogens is 2. The Morgan fingerprint density at radius 1 is 0.755 bits per heavy atom. The number of benzene rings is 5. The first-order valence-electron chi connectivity index (χ1n) is 18.0. The van der Waals surface area contributed by atoms with E-state index in [0.29, 0.717) is 17.9 Å². The lowest BCUT2D eigenvalue weighted by atomic mass is 9.71. The van der Waals surface area contributed by atoms with Crippen LogP contribution in [0.5, 0.6) is 0 Å². The quantitative estimate of drug-likeness (QED) is 0.173. The van der Waals surface area contributed by atoms with Crippen LogP contribution in [-0.4, -0.2) is 9.55 Å². The average Bonchev–Trinajstić information content (AvgIpc) is 3.55. The molecule has 6 aromatic rings. The van der Waals surface area contributed by atoms with Gasteiger partial charge in [-0.25, -0.2) is 4.98 Å². The molecule has 4 atom stereocenters.